The number of hydrogen-bond acceptors (Lipinski definition) is 6. The average molecular weight is 485 g/mol. The van der Waals surface area contributed by atoms with Crippen LogP contribution in [0.25, 0.3) is 5.69 Å². The van der Waals surface area contributed by atoms with Gasteiger partial charge in [-0.05, 0) is 74.5 Å². The molecule has 0 bridgehead atoms. The monoisotopic (exact) mass is 484 g/mol. The van der Waals surface area contributed by atoms with Gasteiger partial charge in [-0.1, -0.05) is 29.8 Å². The van der Waals surface area contributed by atoms with Crippen LogP contribution in [-0.2, 0) is 11.3 Å². The molecule has 8 nitrogen and oxygen atoms in total. The summed E-state index contributed by atoms with van der Waals surface area (Å²) in [7, 11) is 0. The lowest BCUT2D eigenvalue weighted by Gasteiger charge is -2.26. The van der Waals surface area contributed by atoms with Gasteiger partial charge in [0, 0.05) is 22.0 Å². The highest BCUT2D eigenvalue weighted by atomic mass is 35.5. The van der Waals surface area contributed by atoms with Crippen LogP contribution in [0, 0.1) is 0 Å². The predicted molar refractivity (Wildman–Crippen MR) is 130 cm³/mol. The molecule has 1 fully saturated rings. The van der Waals surface area contributed by atoms with Crippen LogP contribution in [0.3, 0.4) is 0 Å². The maximum absolute atomic E-state index is 12.5. The molecule has 0 radical (unpaired) electrons. The molecule has 4 rings (SSSR count). The molecule has 10 heteroatoms. The van der Waals surface area contributed by atoms with E-state index in [0.29, 0.717) is 28.0 Å². The van der Waals surface area contributed by atoms with Crippen LogP contribution in [-0.4, -0.2) is 50.3 Å². The lowest BCUT2D eigenvalue weighted by atomic mass is 10.1. The topological polar surface area (TPSA) is 106 Å². The second-order valence-corrected chi connectivity index (χ2v) is 9.20. The molecular formula is C23H25ClN6O2S. The fourth-order valence-electron chi connectivity index (χ4n) is 3.71. The van der Waals surface area contributed by atoms with Crippen LogP contribution in [0.4, 0.5) is 5.69 Å². The number of nitrogens with one attached hydrogen (secondary N) is 1. The van der Waals surface area contributed by atoms with E-state index in [0.717, 1.165) is 24.6 Å². The summed E-state index contributed by atoms with van der Waals surface area (Å²) < 4.78 is 1.99. The third-order valence-electron chi connectivity index (χ3n) is 5.38. The Morgan fingerprint density at radius 2 is 1.70 bits per heavy atom. The van der Waals surface area contributed by atoms with Crippen molar-refractivity contribution in [1.29, 1.82) is 0 Å². The van der Waals surface area contributed by atoms with Gasteiger partial charge >= 0.3 is 0 Å². The SMILES string of the molecule is NC(=O)c1ccc(NC(=O)CSc2nnc(CN3CCCCC3)n2-c2ccc(Cl)cc2)cc1. The van der Waals surface area contributed by atoms with Crippen molar-refractivity contribution >= 4 is 40.9 Å². The number of nitrogens with zero attached hydrogens (tertiary/aromatic N) is 4. The molecule has 172 valence electrons. The third-order valence-corrected chi connectivity index (χ3v) is 6.57. The third kappa shape index (κ3) is 6.13. The molecular weight excluding hydrogens is 460 g/mol. The summed E-state index contributed by atoms with van der Waals surface area (Å²) in [6.07, 6.45) is 3.65. The summed E-state index contributed by atoms with van der Waals surface area (Å²) in [5.74, 6) is 0.303. The first-order chi connectivity index (χ1) is 16.0. The highest BCUT2D eigenvalue weighted by Crippen LogP contribution is 2.25. The number of aromatic nitrogens is 3. The van der Waals surface area contributed by atoms with Crippen molar-refractivity contribution in [2.75, 3.05) is 24.2 Å². The Balaban J connectivity index is 1.47. The molecule has 0 saturated carbocycles. The van der Waals surface area contributed by atoms with Crippen LogP contribution < -0.4 is 11.1 Å². The number of piperidine rings is 1. The van der Waals surface area contributed by atoms with Crippen molar-refractivity contribution in [2.45, 2.75) is 31.0 Å². The van der Waals surface area contributed by atoms with E-state index in [1.807, 2.05) is 28.8 Å². The van der Waals surface area contributed by atoms with E-state index in [2.05, 4.69) is 20.4 Å². The number of hydrogen-bond donors (Lipinski definition) is 2. The zero-order chi connectivity index (χ0) is 23.2. The fraction of sp³-hybridized carbons (Fsp3) is 0.304. The Kier molecular flexibility index (Phi) is 7.64. The van der Waals surface area contributed by atoms with E-state index in [1.165, 1.54) is 31.0 Å². The molecule has 1 aromatic heterocycles. The van der Waals surface area contributed by atoms with Crippen molar-refractivity contribution in [3.05, 3.63) is 64.9 Å². The van der Waals surface area contributed by atoms with Gasteiger partial charge < -0.3 is 11.1 Å². The molecule has 0 spiro atoms. The van der Waals surface area contributed by atoms with Crippen LogP contribution in [0.5, 0.6) is 0 Å². The van der Waals surface area contributed by atoms with Crippen molar-refractivity contribution in [2.24, 2.45) is 5.73 Å². The lowest BCUT2D eigenvalue weighted by molar-refractivity contribution is -0.113. The van der Waals surface area contributed by atoms with Crippen LogP contribution in [0.2, 0.25) is 5.02 Å². The number of halogens is 1. The number of likely N-dealkylation sites (tertiary alicyclic amines) is 1. The number of rotatable bonds is 8. The van der Waals surface area contributed by atoms with Gasteiger partial charge in [0.2, 0.25) is 11.8 Å². The predicted octanol–water partition coefficient (Wildman–Crippen LogP) is 3.74. The first-order valence-electron chi connectivity index (χ1n) is 10.7. The van der Waals surface area contributed by atoms with Gasteiger partial charge in [-0.25, -0.2) is 0 Å². The number of thioether (sulfide) groups is 1. The smallest absolute Gasteiger partial charge is 0.248 e. The Labute approximate surface area is 201 Å². The van der Waals surface area contributed by atoms with Crippen molar-refractivity contribution in [3.8, 4) is 5.69 Å². The van der Waals surface area contributed by atoms with E-state index in [9.17, 15) is 9.59 Å². The van der Waals surface area contributed by atoms with Gasteiger partial charge in [-0.3, -0.25) is 19.1 Å². The maximum Gasteiger partial charge on any atom is 0.248 e. The summed E-state index contributed by atoms with van der Waals surface area (Å²) >= 11 is 7.40. The van der Waals surface area contributed by atoms with E-state index < -0.39 is 5.91 Å². The van der Waals surface area contributed by atoms with E-state index >= 15 is 0 Å². The summed E-state index contributed by atoms with van der Waals surface area (Å²) in [6, 6.07) is 14.0. The van der Waals surface area contributed by atoms with Crippen LogP contribution in [0.15, 0.2) is 53.7 Å². The normalized spacial score (nSPS) is 14.2. The van der Waals surface area contributed by atoms with Crippen molar-refractivity contribution in [1.82, 2.24) is 19.7 Å². The van der Waals surface area contributed by atoms with Gasteiger partial charge in [0.05, 0.1) is 12.3 Å². The summed E-state index contributed by atoms with van der Waals surface area (Å²) in [4.78, 5) is 26.1. The van der Waals surface area contributed by atoms with Gasteiger partial charge in [-0.15, -0.1) is 10.2 Å². The second-order valence-electron chi connectivity index (χ2n) is 7.83. The summed E-state index contributed by atoms with van der Waals surface area (Å²) in [5, 5.41) is 12.9. The number of benzene rings is 2. The van der Waals surface area contributed by atoms with E-state index in [1.54, 1.807) is 24.3 Å². The summed E-state index contributed by atoms with van der Waals surface area (Å²) in [6.45, 7) is 2.80. The second kappa shape index (κ2) is 10.8. The van der Waals surface area contributed by atoms with E-state index in [-0.39, 0.29) is 11.7 Å². The summed E-state index contributed by atoms with van der Waals surface area (Å²) in [5.41, 5.74) is 7.14. The molecule has 3 aromatic rings. The Bertz CT molecular complexity index is 1110. The van der Waals surface area contributed by atoms with Crippen LogP contribution in [0.1, 0.15) is 35.4 Å². The fourth-order valence-corrected chi connectivity index (χ4v) is 4.61. The zero-order valence-corrected chi connectivity index (χ0v) is 19.6. The molecule has 33 heavy (non-hydrogen) atoms. The minimum Gasteiger partial charge on any atom is -0.366 e. The molecule has 1 saturated heterocycles. The standard InChI is InChI=1S/C23H25ClN6O2S/c24-17-6-10-19(11-7-17)30-20(14-29-12-2-1-3-13-29)27-28-23(30)33-15-21(31)26-18-8-4-16(5-9-18)22(25)32/h4-11H,1-3,12-15H2,(H2,25,32)(H,26,31). The number of anilines is 1. The average Bonchev–Trinajstić information content (AvgIpc) is 3.21. The molecule has 1 aliphatic rings. The van der Waals surface area contributed by atoms with Gasteiger partial charge in [-0.2, -0.15) is 0 Å². The minimum atomic E-state index is -0.509. The maximum atomic E-state index is 12.5. The molecule has 0 unspecified atom stereocenters. The number of carbonyl (C=O) groups excluding carboxylic acids is 2. The molecule has 2 amide bonds. The number of carbonyl (C=O) groups is 2. The Morgan fingerprint density at radius 1 is 1.00 bits per heavy atom. The first-order valence-corrected chi connectivity index (χ1v) is 12.1. The van der Waals surface area contributed by atoms with Crippen molar-refractivity contribution < 1.29 is 9.59 Å². The number of primary amides is 1. The highest BCUT2D eigenvalue weighted by Gasteiger charge is 2.19. The number of nitrogens with two attached hydrogens (primary N) is 1. The van der Waals surface area contributed by atoms with E-state index in [4.69, 9.17) is 17.3 Å². The molecule has 0 atom stereocenters. The van der Waals surface area contributed by atoms with Crippen LogP contribution >= 0.6 is 23.4 Å². The minimum absolute atomic E-state index is 0.160. The first kappa shape index (κ1) is 23.3. The molecule has 2 heterocycles. The lowest BCUT2D eigenvalue weighted by Crippen LogP contribution is -2.30. The largest absolute Gasteiger partial charge is 0.366 e. The molecule has 1 aliphatic heterocycles. The zero-order valence-electron chi connectivity index (χ0n) is 18.0. The Morgan fingerprint density at radius 3 is 2.36 bits per heavy atom. The van der Waals surface area contributed by atoms with Gasteiger partial charge in [0.15, 0.2) is 11.0 Å². The van der Waals surface area contributed by atoms with Crippen molar-refractivity contribution in [3.63, 3.8) is 0 Å². The molecule has 3 N–H and O–H groups in total. The molecule has 2 aromatic carbocycles. The van der Waals surface area contributed by atoms with Gasteiger partial charge in [0.25, 0.3) is 0 Å². The quantitative estimate of drug-likeness (QED) is 0.472. The number of amides is 2. The Hall–Kier alpha value is -2.88. The van der Waals surface area contributed by atoms with Gasteiger partial charge in [0.1, 0.15) is 0 Å². The molecule has 0 aliphatic carbocycles. The highest BCUT2D eigenvalue weighted by molar-refractivity contribution is 7.99.